The third-order valence-corrected chi connectivity index (χ3v) is 8.51. The van der Waals surface area contributed by atoms with Crippen molar-refractivity contribution in [1.29, 1.82) is 0 Å². The highest BCUT2D eigenvalue weighted by Gasteiger charge is 2.34. The molecule has 26 heavy (non-hydrogen) atoms. The second-order valence-corrected chi connectivity index (χ2v) is 11.0. The van der Waals surface area contributed by atoms with E-state index in [9.17, 15) is 0 Å². The number of rotatable bonds is 2. The van der Waals surface area contributed by atoms with Gasteiger partial charge in [-0.1, -0.05) is 63.2 Å². The smallest absolute Gasteiger partial charge is 0.0378 e. The van der Waals surface area contributed by atoms with Crippen molar-refractivity contribution in [2.45, 2.75) is 49.4 Å². The van der Waals surface area contributed by atoms with E-state index in [0.29, 0.717) is 0 Å². The van der Waals surface area contributed by atoms with E-state index < -0.39 is 10.0 Å². The first-order chi connectivity index (χ1) is 12.4. The van der Waals surface area contributed by atoms with Gasteiger partial charge in [0.25, 0.3) is 0 Å². The van der Waals surface area contributed by atoms with Crippen LogP contribution in [0, 0.1) is 0 Å². The minimum Gasteiger partial charge on any atom is -0.322 e. The van der Waals surface area contributed by atoms with E-state index >= 15 is 0 Å². The highest BCUT2D eigenvalue weighted by atomic mass is 32.3. The maximum atomic E-state index is 6.52. The number of hydrogen-bond acceptors (Lipinski definition) is 1. The van der Waals surface area contributed by atoms with Crippen molar-refractivity contribution < 1.29 is 0 Å². The summed E-state index contributed by atoms with van der Waals surface area (Å²) in [5.41, 5.74) is 10.3. The molecule has 1 aliphatic rings. The standard InChI is InChI=1S/C22H25NS.C2H6/c1-5-22(2,23)16-11-12-18-20(14-16)24(3,4)19-13-10-15-8-6-7-9-17(15)21(18)19;1-2/h6-14H,5,23H2,1-4H3;1-2H3. The molecule has 1 atom stereocenters. The minimum absolute atomic E-state index is 0.263. The topological polar surface area (TPSA) is 26.0 Å². The van der Waals surface area contributed by atoms with Crippen LogP contribution in [0.5, 0.6) is 0 Å². The predicted octanol–water partition coefficient (Wildman–Crippen LogP) is 6.91. The molecule has 4 rings (SSSR count). The van der Waals surface area contributed by atoms with Crippen LogP contribution < -0.4 is 5.73 Å². The van der Waals surface area contributed by atoms with Crippen LogP contribution in [0.1, 0.15) is 39.7 Å². The molecule has 1 nitrogen and oxygen atoms in total. The Kier molecular flexibility index (Phi) is 4.94. The Hall–Kier alpha value is -1.77. The molecule has 0 saturated heterocycles. The summed E-state index contributed by atoms with van der Waals surface area (Å²) in [5.74, 6) is 0. The van der Waals surface area contributed by atoms with E-state index in [4.69, 9.17) is 5.73 Å². The van der Waals surface area contributed by atoms with Crippen molar-refractivity contribution in [3.05, 3.63) is 60.2 Å². The first-order valence-corrected chi connectivity index (χ1v) is 12.0. The molecular weight excluding hydrogens is 334 g/mol. The number of hydrogen-bond donors (Lipinski definition) is 1. The third kappa shape index (κ3) is 2.76. The fourth-order valence-corrected chi connectivity index (χ4v) is 6.30. The lowest BCUT2D eigenvalue weighted by Crippen LogP contribution is -2.31. The summed E-state index contributed by atoms with van der Waals surface area (Å²) in [6.07, 6.45) is 5.77. The van der Waals surface area contributed by atoms with Crippen LogP contribution in [-0.2, 0) is 5.54 Å². The van der Waals surface area contributed by atoms with Gasteiger partial charge in [0.2, 0.25) is 0 Å². The van der Waals surface area contributed by atoms with Crippen molar-refractivity contribution in [2.24, 2.45) is 5.73 Å². The van der Waals surface area contributed by atoms with E-state index in [1.165, 1.54) is 37.3 Å². The molecule has 0 spiro atoms. The van der Waals surface area contributed by atoms with Gasteiger partial charge in [0.15, 0.2) is 0 Å². The average Bonchev–Trinajstić information content (AvgIpc) is 2.90. The molecule has 1 unspecified atom stereocenters. The normalized spacial score (nSPS) is 17.5. The second kappa shape index (κ2) is 6.75. The molecule has 1 heterocycles. The van der Waals surface area contributed by atoms with E-state index in [0.717, 1.165) is 6.42 Å². The Morgan fingerprint density at radius 2 is 1.62 bits per heavy atom. The van der Waals surface area contributed by atoms with Gasteiger partial charge >= 0.3 is 0 Å². The molecule has 0 fully saturated rings. The molecule has 1 aliphatic heterocycles. The van der Waals surface area contributed by atoms with Crippen LogP contribution >= 0.6 is 10.0 Å². The fraction of sp³-hybridized carbons (Fsp3) is 0.333. The Morgan fingerprint density at radius 3 is 2.31 bits per heavy atom. The first kappa shape index (κ1) is 19.0. The van der Waals surface area contributed by atoms with Crippen LogP contribution in [-0.4, -0.2) is 12.5 Å². The van der Waals surface area contributed by atoms with Gasteiger partial charge in [-0.25, -0.2) is 0 Å². The molecule has 138 valence electrons. The Labute approximate surface area is 159 Å². The maximum absolute atomic E-state index is 6.52. The summed E-state index contributed by atoms with van der Waals surface area (Å²) >= 11 is 0. The van der Waals surface area contributed by atoms with Gasteiger partial charge in [-0.2, -0.15) is 10.0 Å². The summed E-state index contributed by atoms with van der Waals surface area (Å²) in [6.45, 7) is 8.29. The molecule has 0 aliphatic carbocycles. The fourth-order valence-electron chi connectivity index (χ4n) is 3.78. The lowest BCUT2D eigenvalue weighted by molar-refractivity contribution is 0.475. The van der Waals surface area contributed by atoms with Gasteiger partial charge in [0.1, 0.15) is 0 Å². The van der Waals surface area contributed by atoms with Gasteiger partial charge in [-0.15, -0.1) is 0 Å². The monoisotopic (exact) mass is 365 g/mol. The van der Waals surface area contributed by atoms with E-state index in [1.807, 2.05) is 13.8 Å². The predicted molar refractivity (Wildman–Crippen MR) is 119 cm³/mol. The van der Waals surface area contributed by atoms with Crippen molar-refractivity contribution in [2.75, 3.05) is 12.5 Å². The molecule has 2 heteroatoms. The summed E-state index contributed by atoms with van der Waals surface area (Å²) in [6, 6.07) is 20.3. The number of benzene rings is 3. The van der Waals surface area contributed by atoms with E-state index in [-0.39, 0.29) is 5.54 Å². The quantitative estimate of drug-likeness (QED) is 0.524. The molecule has 3 aromatic carbocycles. The summed E-state index contributed by atoms with van der Waals surface area (Å²) < 4.78 is 0. The third-order valence-electron chi connectivity index (χ3n) is 5.64. The van der Waals surface area contributed by atoms with Crippen LogP contribution in [0.4, 0.5) is 0 Å². The Balaban J connectivity index is 0.000000948. The molecule has 0 bridgehead atoms. The Bertz CT molecular complexity index is 954. The van der Waals surface area contributed by atoms with E-state index in [2.05, 4.69) is 81.0 Å². The lowest BCUT2D eigenvalue weighted by Gasteiger charge is -2.30. The summed E-state index contributed by atoms with van der Waals surface area (Å²) in [7, 11) is -1.00. The van der Waals surface area contributed by atoms with Crippen molar-refractivity contribution in [1.82, 2.24) is 0 Å². The van der Waals surface area contributed by atoms with Gasteiger partial charge in [0.05, 0.1) is 0 Å². The molecule has 0 saturated carbocycles. The lowest BCUT2D eigenvalue weighted by atomic mass is 9.89. The largest absolute Gasteiger partial charge is 0.322 e. The van der Waals surface area contributed by atoms with Crippen molar-refractivity contribution >= 4 is 20.8 Å². The number of fused-ring (bicyclic) bond motifs is 5. The number of nitrogens with two attached hydrogens (primary N) is 1. The Morgan fingerprint density at radius 1 is 0.923 bits per heavy atom. The first-order valence-electron chi connectivity index (χ1n) is 9.55. The molecule has 3 aromatic rings. The highest BCUT2D eigenvalue weighted by molar-refractivity contribution is 8.33. The van der Waals surface area contributed by atoms with Crippen LogP contribution in [0.2, 0.25) is 0 Å². The molecule has 0 aromatic heterocycles. The zero-order valence-corrected chi connectivity index (χ0v) is 17.7. The van der Waals surface area contributed by atoms with Crippen LogP contribution in [0.15, 0.2) is 64.4 Å². The molecular formula is C24H31NS. The van der Waals surface area contributed by atoms with Gasteiger partial charge in [-0.05, 0) is 59.9 Å². The summed E-state index contributed by atoms with van der Waals surface area (Å²) in [5, 5.41) is 2.69. The molecule has 0 amide bonds. The second-order valence-electron chi connectivity index (χ2n) is 7.47. The van der Waals surface area contributed by atoms with Crippen LogP contribution in [0.25, 0.3) is 21.9 Å². The van der Waals surface area contributed by atoms with Gasteiger partial charge in [-0.3, -0.25) is 0 Å². The molecule has 2 N–H and O–H groups in total. The SMILES string of the molecule is CC.CCC(C)(N)c1ccc2c(c1)S(C)(C)c1ccc3ccccc3c1-2. The highest BCUT2D eigenvalue weighted by Crippen LogP contribution is 2.68. The zero-order chi connectivity index (χ0) is 19.1. The van der Waals surface area contributed by atoms with Gasteiger partial charge in [0, 0.05) is 20.9 Å². The maximum Gasteiger partial charge on any atom is 0.0378 e. The van der Waals surface area contributed by atoms with Crippen molar-refractivity contribution in [3.8, 4) is 11.1 Å². The minimum atomic E-state index is -1.00. The average molecular weight is 366 g/mol. The summed E-state index contributed by atoms with van der Waals surface area (Å²) in [4.78, 5) is 2.99. The van der Waals surface area contributed by atoms with Gasteiger partial charge < -0.3 is 5.73 Å². The van der Waals surface area contributed by atoms with Crippen molar-refractivity contribution in [3.63, 3.8) is 0 Å². The van der Waals surface area contributed by atoms with Crippen LogP contribution in [0.3, 0.4) is 0 Å². The molecule has 0 radical (unpaired) electrons. The van der Waals surface area contributed by atoms with E-state index in [1.54, 1.807) is 0 Å². The zero-order valence-electron chi connectivity index (χ0n) is 16.9.